The second kappa shape index (κ2) is 4.66. The fraction of sp³-hybridized carbons (Fsp3) is 0.500. The highest BCUT2D eigenvalue weighted by atomic mass is 16.5. The molecule has 1 heterocycles. The highest BCUT2D eigenvalue weighted by Crippen LogP contribution is 1.96. The molecular formula is C8H12N2O2. The van der Waals surface area contributed by atoms with E-state index in [1.165, 1.54) is 6.20 Å². The Labute approximate surface area is 71.0 Å². The van der Waals surface area contributed by atoms with Crippen molar-refractivity contribution in [1.29, 1.82) is 0 Å². The zero-order valence-electron chi connectivity index (χ0n) is 7.04. The van der Waals surface area contributed by atoms with Gasteiger partial charge in [0.2, 0.25) is 0 Å². The molecule has 0 aromatic carbocycles. The fourth-order valence-corrected chi connectivity index (χ4v) is 0.825. The quantitative estimate of drug-likeness (QED) is 0.530. The molecule has 0 unspecified atom stereocenters. The Morgan fingerprint density at radius 1 is 1.75 bits per heavy atom. The maximum atomic E-state index is 10.2. The maximum absolute atomic E-state index is 10.2. The summed E-state index contributed by atoms with van der Waals surface area (Å²) in [5, 5.41) is 0. The first-order chi connectivity index (χ1) is 5.86. The van der Waals surface area contributed by atoms with E-state index in [0.29, 0.717) is 18.1 Å². The molecule has 0 atom stereocenters. The summed E-state index contributed by atoms with van der Waals surface area (Å²) in [5.74, 6) is 0.700. The van der Waals surface area contributed by atoms with Crippen LogP contribution >= 0.6 is 0 Å². The number of imidazole rings is 1. The molecule has 66 valence electrons. The number of nitrogens with zero attached hydrogens (tertiary/aromatic N) is 1. The van der Waals surface area contributed by atoms with Crippen LogP contribution in [-0.2, 0) is 11.3 Å². The monoisotopic (exact) mass is 168 g/mol. The zero-order chi connectivity index (χ0) is 8.81. The van der Waals surface area contributed by atoms with Crippen molar-refractivity contribution >= 4 is 6.29 Å². The number of aromatic nitrogens is 2. The average molecular weight is 168 g/mol. The van der Waals surface area contributed by atoms with E-state index in [1.54, 1.807) is 0 Å². The van der Waals surface area contributed by atoms with Crippen LogP contribution in [0, 0.1) is 0 Å². The van der Waals surface area contributed by atoms with Crippen molar-refractivity contribution < 1.29 is 9.53 Å². The summed E-state index contributed by atoms with van der Waals surface area (Å²) >= 11 is 0. The van der Waals surface area contributed by atoms with Crippen LogP contribution < -0.4 is 0 Å². The van der Waals surface area contributed by atoms with E-state index in [-0.39, 0.29) is 0 Å². The summed E-state index contributed by atoms with van der Waals surface area (Å²) in [6, 6.07) is 0. The van der Waals surface area contributed by atoms with Crippen LogP contribution in [-0.4, -0.2) is 22.9 Å². The van der Waals surface area contributed by atoms with Crippen molar-refractivity contribution in [3.8, 4) is 0 Å². The van der Waals surface area contributed by atoms with E-state index < -0.39 is 0 Å². The minimum Gasteiger partial charge on any atom is -0.374 e. The predicted molar refractivity (Wildman–Crippen MR) is 43.9 cm³/mol. The van der Waals surface area contributed by atoms with Crippen molar-refractivity contribution in [1.82, 2.24) is 9.97 Å². The summed E-state index contributed by atoms with van der Waals surface area (Å²) in [6.07, 6.45) is 3.22. The normalized spacial score (nSPS) is 10.1. The highest BCUT2D eigenvalue weighted by molar-refractivity contribution is 5.71. The topological polar surface area (TPSA) is 55.0 Å². The molecule has 1 N–H and O–H groups in total. The summed E-state index contributed by atoms with van der Waals surface area (Å²) < 4.78 is 5.22. The third-order valence-electron chi connectivity index (χ3n) is 1.36. The number of H-pyrrole nitrogens is 1. The highest BCUT2D eigenvalue weighted by Gasteiger charge is 1.97. The Morgan fingerprint density at radius 2 is 2.58 bits per heavy atom. The molecule has 0 aliphatic carbocycles. The van der Waals surface area contributed by atoms with E-state index in [1.807, 2.05) is 6.92 Å². The van der Waals surface area contributed by atoms with Crippen LogP contribution in [0.4, 0.5) is 0 Å². The first-order valence-corrected chi connectivity index (χ1v) is 3.93. The molecular weight excluding hydrogens is 156 g/mol. The third kappa shape index (κ3) is 2.47. The molecule has 4 heteroatoms. The Hall–Kier alpha value is -1.16. The summed E-state index contributed by atoms with van der Waals surface area (Å²) in [6.45, 7) is 3.21. The lowest BCUT2D eigenvalue weighted by Crippen LogP contribution is -1.95. The number of rotatable bonds is 5. The molecule has 0 fully saturated rings. The molecule has 0 aliphatic heterocycles. The van der Waals surface area contributed by atoms with E-state index in [9.17, 15) is 4.79 Å². The minimum atomic E-state index is 0.446. The van der Waals surface area contributed by atoms with Crippen LogP contribution in [0.15, 0.2) is 6.20 Å². The second-order valence-corrected chi connectivity index (χ2v) is 2.46. The van der Waals surface area contributed by atoms with Gasteiger partial charge >= 0.3 is 0 Å². The first kappa shape index (κ1) is 8.93. The number of carbonyl (C=O) groups is 1. The number of aldehydes is 1. The Bertz CT molecular complexity index is 245. The fourth-order valence-electron chi connectivity index (χ4n) is 0.825. The lowest BCUT2D eigenvalue weighted by atomic mass is 10.5. The Balaban J connectivity index is 2.36. The summed E-state index contributed by atoms with van der Waals surface area (Å²) in [7, 11) is 0. The van der Waals surface area contributed by atoms with Gasteiger partial charge in [0.1, 0.15) is 12.4 Å². The van der Waals surface area contributed by atoms with Crippen LogP contribution in [0.1, 0.15) is 29.7 Å². The van der Waals surface area contributed by atoms with Gasteiger partial charge in [0.25, 0.3) is 0 Å². The van der Waals surface area contributed by atoms with Gasteiger partial charge in [0.15, 0.2) is 6.29 Å². The molecule has 0 spiro atoms. The smallest absolute Gasteiger partial charge is 0.167 e. The molecule has 0 aliphatic rings. The molecule has 1 rings (SSSR count). The van der Waals surface area contributed by atoms with Crippen molar-refractivity contribution in [2.75, 3.05) is 6.61 Å². The first-order valence-electron chi connectivity index (χ1n) is 3.93. The van der Waals surface area contributed by atoms with Crippen LogP contribution in [0.2, 0.25) is 0 Å². The van der Waals surface area contributed by atoms with Gasteiger partial charge in [-0.25, -0.2) is 4.98 Å². The van der Waals surface area contributed by atoms with Gasteiger partial charge in [-0.05, 0) is 6.42 Å². The number of carbonyl (C=O) groups excluding carboxylic acids is 1. The van der Waals surface area contributed by atoms with E-state index >= 15 is 0 Å². The Morgan fingerprint density at radius 3 is 3.17 bits per heavy atom. The Kier molecular flexibility index (Phi) is 3.47. The zero-order valence-corrected chi connectivity index (χ0v) is 7.04. The number of hydrogen-bond donors (Lipinski definition) is 1. The van der Waals surface area contributed by atoms with Gasteiger partial charge in [-0.15, -0.1) is 0 Å². The number of aromatic amines is 1. The molecule has 12 heavy (non-hydrogen) atoms. The second-order valence-electron chi connectivity index (χ2n) is 2.46. The average Bonchev–Trinajstić information content (AvgIpc) is 2.53. The third-order valence-corrected chi connectivity index (χ3v) is 1.36. The van der Waals surface area contributed by atoms with E-state index in [0.717, 1.165) is 19.3 Å². The van der Waals surface area contributed by atoms with Gasteiger partial charge in [-0.1, -0.05) is 6.92 Å². The van der Waals surface area contributed by atoms with Gasteiger partial charge in [-0.3, -0.25) is 4.79 Å². The minimum absolute atomic E-state index is 0.446. The molecule has 0 radical (unpaired) electrons. The maximum Gasteiger partial charge on any atom is 0.167 e. The molecule has 1 aromatic heterocycles. The molecule has 0 bridgehead atoms. The lowest BCUT2D eigenvalue weighted by Gasteiger charge is -1.97. The molecule has 0 saturated heterocycles. The van der Waals surface area contributed by atoms with Crippen LogP contribution in [0.25, 0.3) is 0 Å². The van der Waals surface area contributed by atoms with Crippen LogP contribution in [0.5, 0.6) is 0 Å². The van der Waals surface area contributed by atoms with Crippen molar-refractivity contribution in [2.45, 2.75) is 20.0 Å². The van der Waals surface area contributed by atoms with Gasteiger partial charge in [0, 0.05) is 6.61 Å². The number of hydrogen-bond acceptors (Lipinski definition) is 3. The molecule has 1 aromatic rings. The lowest BCUT2D eigenvalue weighted by molar-refractivity contribution is 0.111. The SMILES string of the molecule is CCCOCc1ncc(C=O)[nH]1. The molecule has 4 nitrogen and oxygen atoms in total. The van der Waals surface area contributed by atoms with E-state index in [4.69, 9.17) is 4.74 Å². The van der Waals surface area contributed by atoms with Crippen LogP contribution in [0.3, 0.4) is 0 Å². The molecule has 0 saturated carbocycles. The van der Waals surface area contributed by atoms with Gasteiger partial charge < -0.3 is 9.72 Å². The van der Waals surface area contributed by atoms with Crippen molar-refractivity contribution in [3.63, 3.8) is 0 Å². The van der Waals surface area contributed by atoms with Crippen molar-refractivity contribution in [3.05, 3.63) is 17.7 Å². The van der Waals surface area contributed by atoms with Gasteiger partial charge in [-0.2, -0.15) is 0 Å². The number of nitrogens with one attached hydrogen (secondary N) is 1. The standard InChI is InChI=1S/C8H12N2O2/c1-2-3-12-6-8-9-4-7(5-11)10-8/h4-5H,2-3,6H2,1H3,(H,9,10). The number of ether oxygens (including phenoxy) is 1. The molecule has 0 amide bonds. The predicted octanol–water partition coefficient (Wildman–Crippen LogP) is 1.15. The summed E-state index contributed by atoms with van der Waals surface area (Å²) in [5.41, 5.74) is 0.491. The van der Waals surface area contributed by atoms with Gasteiger partial charge in [0.05, 0.1) is 11.9 Å². The summed E-state index contributed by atoms with van der Waals surface area (Å²) in [4.78, 5) is 17.0. The largest absolute Gasteiger partial charge is 0.374 e. The van der Waals surface area contributed by atoms with E-state index in [2.05, 4.69) is 9.97 Å². The van der Waals surface area contributed by atoms with Crippen molar-refractivity contribution in [2.24, 2.45) is 0 Å².